The number of piperidine rings is 1. The molecular formula is C25H27N3O4. The van der Waals surface area contributed by atoms with E-state index in [1.54, 1.807) is 0 Å². The number of hydrogen-bond donors (Lipinski definition) is 1. The predicted molar refractivity (Wildman–Crippen MR) is 122 cm³/mol. The molecule has 3 heterocycles. The third-order valence-electron chi connectivity index (χ3n) is 6.09. The Morgan fingerprint density at radius 3 is 2.97 bits per heavy atom. The number of amides is 1. The number of carbonyl (C=O) groups is 1. The van der Waals surface area contributed by atoms with Crippen molar-refractivity contribution in [1.29, 1.82) is 0 Å². The van der Waals surface area contributed by atoms with Crippen LogP contribution < -0.4 is 19.9 Å². The maximum absolute atomic E-state index is 12.8. The Kier molecular flexibility index (Phi) is 5.71. The number of likely N-dealkylation sites (tertiary alicyclic amines) is 1. The van der Waals surface area contributed by atoms with Crippen molar-refractivity contribution in [3.63, 3.8) is 0 Å². The summed E-state index contributed by atoms with van der Waals surface area (Å²) in [4.78, 5) is 19.6. The fourth-order valence-corrected chi connectivity index (χ4v) is 4.44. The highest BCUT2D eigenvalue weighted by molar-refractivity contribution is 5.82. The number of ether oxygens (including phenoxy) is 3. The van der Waals surface area contributed by atoms with Gasteiger partial charge in [-0.15, -0.1) is 0 Å². The van der Waals surface area contributed by atoms with Crippen LogP contribution in [0.2, 0.25) is 0 Å². The maximum Gasteiger partial charge on any atom is 0.231 e. The highest BCUT2D eigenvalue weighted by Gasteiger charge is 2.27. The highest BCUT2D eigenvalue weighted by Crippen LogP contribution is 2.35. The van der Waals surface area contributed by atoms with Crippen LogP contribution in [0.3, 0.4) is 0 Å². The molecule has 1 amide bonds. The molecule has 1 aromatic heterocycles. The zero-order valence-electron chi connectivity index (χ0n) is 18.0. The van der Waals surface area contributed by atoms with Gasteiger partial charge >= 0.3 is 0 Å². The Labute approximate surface area is 187 Å². The Hall–Kier alpha value is -3.48. The van der Waals surface area contributed by atoms with Crippen LogP contribution in [0.1, 0.15) is 37.3 Å². The summed E-state index contributed by atoms with van der Waals surface area (Å²) in [6.45, 7) is 2.16. The molecule has 7 nitrogen and oxygen atoms in total. The van der Waals surface area contributed by atoms with Gasteiger partial charge in [-0.1, -0.05) is 18.2 Å². The molecule has 0 saturated carbocycles. The van der Waals surface area contributed by atoms with E-state index in [2.05, 4.69) is 0 Å². The number of anilines is 1. The number of rotatable bonds is 6. The molecule has 2 N–H and O–H groups in total. The number of nitrogen functional groups attached to an aromatic ring is 1. The smallest absolute Gasteiger partial charge is 0.231 e. The third-order valence-corrected chi connectivity index (χ3v) is 6.09. The summed E-state index contributed by atoms with van der Waals surface area (Å²) < 4.78 is 16.5. The van der Waals surface area contributed by atoms with Gasteiger partial charge in [-0.05, 0) is 43.5 Å². The molecule has 32 heavy (non-hydrogen) atoms. The van der Waals surface area contributed by atoms with Crippen LogP contribution in [-0.2, 0) is 4.79 Å². The van der Waals surface area contributed by atoms with Crippen LogP contribution >= 0.6 is 0 Å². The fraction of sp³-hybridized carbons (Fsp3) is 0.360. The lowest BCUT2D eigenvalue weighted by Crippen LogP contribution is -2.39. The molecule has 1 saturated heterocycles. The van der Waals surface area contributed by atoms with Gasteiger partial charge in [0.15, 0.2) is 11.5 Å². The molecule has 5 rings (SSSR count). The summed E-state index contributed by atoms with van der Waals surface area (Å²) in [6, 6.07) is 15.5. The Bertz CT molecular complexity index is 1130. The Morgan fingerprint density at radius 2 is 2.03 bits per heavy atom. The van der Waals surface area contributed by atoms with Crippen LogP contribution in [-0.4, -0.2) is 42.3 Å². The average Bonchev–Trinajstić information content (AvgIpc) is 3.29. The number of hydrogen-bond acceptors (Lipinski definition) is 6. The van der Waals surface area contributed by atoms with Gasteiger partial charge in [0.25, 0.3) is 0 Å². The first-order chi connectivity index (χ1) is 15.7. The van der Waals surface area contributed by atoms with Gasteiger partial charge < -0.3 is 24.8 Å². The van der Waals surface area contributed by atoms with Crippen molar-refractivity contribution >= 4 is 22.5 Å². The number of carbonyl (C=O) groups excluding carboxylic acids is 1. The van der Waals surface area contributed by atoms with E-state index < -0.39 is 0 Å². The first kappa shape index (κ1) is 20.4. The molecule has 2 aliphatic heterocycles. The van der Waals surface area contributed by atoms with E-state index in [1.807, 2.05) is 53.4 Å². The standard InChI is InChI=1S/C25H27N3O4/c26-20-13-17-5-1-2-7-21(17)27-25(20)18-6-3-11-28(15-18)24(29)8-4-12-30-19-9-10-22-23(14-19)32-16-31-22/h1-2,5,7,9-10,13-14,18H,3-4,6,8,11-12,15-16,26H2. The summed E-state index contributed by atoms with van der Waals surface area (Å²) in [6.07, 6.45) is 3.06. The quantitative estimate of drug-likeness (QED) is 0.589. The van der Waals surface area contributed by atoms with Gasteiger partial charge in [0.05, 0.1) is 23.5 Å². The molecular weight excluding hydrogens is 406 g/mol. The zero-order chi connectivity index (χ0) is 21.9. The minimum absolute atomic E-state index is 0.156. The first-order valence-corrected chi connectivity index (χ1v) is 11.1. The molecule has 1 fully saturated rings. The fourth-order valence-electron chi connectivity index (χ4n) is 4.44. The minimum atomic E-state index is 0.156. The SMILES string of the molecule is Nc1cc2ccccc2nc1C1CCCN(C(=O)CCCOc2ccc3c(c2)OCO3)C1. The Balaban J connectivity index is 1.15. The van der Waals surface area contributed by atoms with Crippen LogP contribution in [0.25, 0.3) is 10.9 Å². The first-order valence-electron chi connectivity index (χ1n) is 11.1. The van der Waals surface area contributed by atoms with E-state index in [4.69, 9.17) is 24.9 Å². The predicted octanol–water partition coefficient (Wildman–Crippen LogP) is 4.11. The molecule has 3 aromatic rings. The van der Waals surface area contributed by atoms with E-state index in [9.17, 15) is 4.79 Å². The van der Waals surface area contributed by atoms with Crippen molar-refractivity contribution in [2.24, 2.45) is 0 Å². The number of aromatic nitrogens is 1. The van der Waals surface area contributed by atoms with Crippen molar-refractivity contribution in [1.82, 2.24) is 9.88 Å². The van der Waals surface area contributed by atoms with E-state index in [0.717, 1.165) is 47.5 Å². The summed E-state index contributed by atoms with van der Waals surface area (Å²) in [5.41, 5.74) is 8.89. The monoisotopic (exact) mass is 433 g/mol. The highest BCUT2D eigenvalue weighted by atomic mass is 16.7. The normalized spacial score (nSPS) is 17.5. The molecule has 0 bridgehead atoms. The molecule has 1 atom stereocenters. The molecule has 2 aliphatic rings. The van der Waals surface area contributed by atoms with Crippen molar-refractivity contribution in [2.75, 3.05) is 32.2 Å². The molecule has 7 heteroatoms. The summed E-state index contributed by atoms with van der Waals surface area (Å²) in [7, 11) is 0. The zero-order valence-corrected chi connectivity index (χ0v) is 18.0. The largest absolute Gasteiger partial charge is 0.493 e. The van der Waals surface area contributed by atoms with Crippen molar-refractivity contribution in [3.8, 4) is 17.2 Å². The van der Waals surface area contributed by atoms with Gasteiger partial charge in [-0.2, -0.15) is 0 Å². The second kappa shape index (κ2) is 8.94. The summed E-state index contributed by atoms with van der Waals surface area (Å²) >= 11 is 0. The molecule has 0 spiro atoms. The third kappa shape index (κ3) is 4.28. The molecule has 0 aliphatic carbocycles. The van der Waals surface area contributed by atoms with Gasteiger partial charge in [-0.3, -0.25) is 9.78 Å². The van der Waals surface area contributed by atoms with E-state index in [0.29, 0.717) is 37.4 Å². The molecule has 166 valence electrons. The van der Waals surface area contributed by atoms with E-state index in [1.165, 1.54) is 0 Å². The van der Waals surface area contributed by atoms with Crippen LogP contribution in [0.4, 0.5) is 5.69 Å². The number of nitrogens with zero attached hydrogens (tertiary/aromatic N) is 2. The number of nitrogens with two attached hydrogens (primary N) is 1. The van der Waals surface area contributed by atoms with E-state index in [-0.39, 0.29) is 18.6 Å². The van der Waals surface area contributed by atoms with E-state index >= 15 is 0 Å². The second-order valence-corrected chi connectivity index (χ2v) is 8.30. The molecule has 2 aromatic carbocycles. The van der Waals surface area contributed by atoms with Gasteiger partial charge in [0, 0.05) is 36.9 Å². The summed E-state index contributed by atoms with van der Waals surface area (Å²) in [5, 5.41) is 1.04. The van der Waals surface area contributed by atoms with Crippen LogP contribution in [0, 0.1) is 0 Å². The lowest BCUT2D eigenvalue weighted by atomic mass is 9.92. The summed E-state index contributed by atoms with van der Waals surface area (Å²) in [5.74, 6) is 2.47. The number of fused-ring (bicyclic) bond motifs is 2. The number of benzene rings is 2. The van der Waals surface area contributed by atoms with Gasteiger partial charge in [-0.25, -0.2) is 0 Å². The van der Waals surface area contributed by atoms with Crippen molar-refractivity contribution in [3.05, 3.63) is 54.2 Å². The van der Waals surface area contributed by atoms with Crippen LogP contribution in [0.5, 0.6) is 17.2 Å². The molecule has 1 unspecified atom stereocenters. The van der Waals surface area contributed by atoms with Crippen molar-refractivity contribution in [2.45, 2.75) is 31.6 Å². The van der Waals surface area contributed by atoms with Gasteiger partial charge in [0.2, 0.25) is 12.7 Å². The minimum Gasteiger partial charge on any atom is -0.493 e. The lowest BCUT2D eigenvalue weighted by molar-refractivity contribution is -0.132. The Morgan fingerprint density at radius 1 is 1.16 bits per heavy atom. The number of pyridine rings is 1. The average molecular weight is 434 g/mol. The van der Waals surface area contributed by atoms with Crippen LogP contribution in [0.15, 0.2) is 48.5 Å². The molecule has 0 radical (unpaired) electrons. The lowest BCUT2D eigenvalue weighted by Gasteiger charge is -2.33. The topological polar surface area (TPSA) is 86.9 Å². The van der Waals surface area contributed by atoms with Gasteiger partial charge in [0.1, 0.15) is 5.75 Å². The number of para-hydroxylation sites is 1. The second-order valence-electron chi connectivity index (χ2n) is 8.30. The van der Waals surface area contributed by atoms with Crippen molar-refractivity contribution < 1.29 is 19.0 Å². The maximum atomic E-state index is 12.8.